The van der Waals surface area contributed by atoms with E-state index in [1.54, 1.807) is 24.2 Å². The van der Waals surface area contributed by atoms with Gasteiger partial charge in [-0.15, -0.1) is 0 Å². The Bertz CT molecular complexity index is 289. The largest absolute Gasteiger partial charge is 0.440 e. The molecule has 0 aliphatic heterocycles. The molecule has 0 bridgehead atoms. The van der Waals surface area contributed by atoms with Crippen LogP contribution in [0, 0.1) is 5.92 Å². The lowest BCUT2D eigenvalue weighted by Crippen LogP contribution is -2.32. The molecular formula is C11H18N2OS. The minimum atomic E-state index is 0.646. The highest BCUT2D eigenvalue weighted by Crippen LogP contribution is 2.38. The van der Waals surface area contributed by atoms with Crippen LogP contribution in [0.15, 0.2) is 22.1 Å². The van der Waals surface area contributed by atoms with E-state index in [1.165, 1.54) is 12.8 Å². The second kappa shape index (κ2) is 5.03. The lowest BCUT2D eigenvalue weighted by atomic mass is 10.1. The quantitative estimate of drug-likeness (QED) is 0.856. The number of nitrogens with zero attached hydrogens (tertiary/aromatic N) is 1. The molecule has 0 spiro atoms. The summed E-state index contributed by atoms with van der Waals surface area (Å²) in [4.78, 5) is 4.16. The number of oxazole rings is 1. The summed E-state index contributed by atoms with van der Waals surface area (Å²) in [5.74, 6) is 0.696. The van der Waals surface area contributed by atoms with E-state index in [9.17, 15) is 0 Å². The van der Waals surface area contributed by atoms with Gasteiger partial charge in [0.2, 0.25) is 0 Å². The normalized spacial score (nSPS) is 30.9. The number of thioether (sulfide) groups is 1. The Morgan fingerprint density at radius 1 is 1.60 bits per heavy atom. The molecule has 0 saturated heterocycles. The van der Waals surface area contributed by atoms with Crippen molar-refractivity contribution in [2.24, 2.45) is 5.92 Å². The van der Waals surface area contributed by atoms with Crippen molar-refractivity contribution in [2.75, 3.05) is 6.54 Å². The first-order valence-electron chi connectivity index (χ1n) is 5.60. The van der Waals surface area contributed by atoms with Gasteiger partial charge >= 0.3 is 0 Å². The van der Waals surface area contributed by atoms with Gasteiger partial charge in [-0.1, -0.05) is 25.6 Å². The Kier molecular flexibility index (Phi) is 3.70. The van der Waals surface area contributed by atoms with Crippen molar-refractivity contribution < 1.29 is 4.42 Å². The van der Waals surface area contributed by atoms with Crippen molar-refractivity contribution in [1.82, 2.24) is 10.3 Å². The van der Waals surface area contributed by atoms with E-state index in [2.05, 4.69) is 24.1 Å². The molecule has 1 aromatic rings. The van der Waals surface area contributed by atoms with Crippen LogP contribution in [0.5, 0.6) is 0 Å². The first kappa shape index (κ1) is 11.0. The van der Waals surface area contributed by atoms with E-state index in [0.717, 1.165) is 11.8 Å². The predicted octanol–water partition coefficient (Wildman–Crippen LogP) is 2.54. The van der Waals surface area contributed by atoms with Gasteiger partial charge in [0.05, 0.1) is 6.20 Å². The van der Waals surface area contributed by atoms with Crippen molar-refractivity contribution in [1.29, 1.82) is 0 Å². The topological polar surface area (TPSA) is 38.1 Å². The van der Waals surface area contributed by atoms with E-state index in [1.807, 2.05) is 0 Å². The second-order valence-electron chi connectivity index (χ2n) is 4.05. The highest BCUT2D eigenvalue weighted by molar-refractivity contribution is 7.99. The van der Waals surface area contributed by atoms with Gasteiger partial charge in [-0.2, -0.15) is 0 Å². The first-order valence-corrected chi connectivity index (χ1v) is 6.48. The van der Waals surface area contributed by atoms with Gasteiger partial charge in [0, 0.05) is 11.3 Å². The Morgan fingerprint density at radius 3 is 3.13 bits per heavy atom. The van der Waals surface area contributed by atoms with Gasteiger partial charge in [-0.25, -0.2) is 4.98 Å². The van der Waals surface area contributed by atoms with Crippen molar-refractivity contribution in [2.45, 2.75) is 43.2 Å². The van der Waals surface area contributed by atoms with E-state index in [4.69, 9.17) is 4.42 Å². The Labute approximate surface area is 95.0 Å². The molecule has 1 saturated carbocycles. The summed E-state index contributed by atoms with van der Waals surface area (Å²) >= 11 is 1.78. The smallest absolute Gasteiger partial charge is 0.255 e. The number of hydrogen-bond donors (Lipinski definition) is 1. The predicted molar refractivity (Wildman–Crippen MR) is 62.0 cm³/mol. The number of hydrogen-bond acceptors (Lipinski definition) is 4. The average molecular weight is 226 g/mol. The molecule has 1 aliphatic carbocycles. The van der Waals surface area contributed by atoms with Crippen LogP contribution in [0.25, 0.3) is 0 Å². The Balaban J connectivity index is 1.89. The number of aromatic nitrogens is 1. The molecule has 1 N–H and O–H groups in total. The van der Waals surface area contributed by atoms with Crippen molar-refractivity contribution in [3.05, 3.63) is 12.5 Å². The molecule has 1 aromatic heterocycles. The van der Waals surface area contributed by atoms with Gasteiger partial charge in [-0.3, -0.25) is 0 Å². The summed E-state index contributed by atoms with van der Waals surface area (Å²) in [7, 11) is 0. The summed E-state index contributed by atoms with van der Waals surface area (Å²) in [6.45, 7) is 5.55. The molecule has 0 aromatic carbocycles. The molecule has 84 valence electrons. The van der Waals surface area contributed by atoms with Crippen molar-refractivity contribution in [3.8, 4) is 0 Å². The lowest BCUT2D eigenvalue weighted by molar-refractivity contribution is 0.433. The maximum atomic E-state index is 5.27. The number of nitrogens with one attached hydrogen (secondary N) is 1. The van der Waals surface area contributed by atoms with Gasteiger partial charge in [0.25, 0.3) is 5.22 Å². The van der Waals surface area contributed by atoms with Crippen molar-refractivity contribution >= 4 is 11.8 Å². The Hall–Kier alpha value is -0.480. The van der Waals surface area contributed by atoms with Gasteiger partial charge in [-0.05, 0) is 25.3 Å². The fourth-order valence-electron chi connectivity index (χ4n) is 2.24. The molecule has 3 unspecified atom stereocenters. The summed E-state index contributed by atoms with van der Waals surface area (Å²) < 4.78 is 5.27. The van der Waals surface area contributed by atoms with Gasteiger partial charge in [0.1, 0.15) is 6.26 Å². The molecule has 0 radical (unpaired) electrons. The highest BCUT2D eigenvalue weighted by Gasteiger charge is 2.33. The van der Waals surface area contributed by atoms with Crippen LogP contribution in [0.3, 0.4) is 0 Å². The van der Waals surface area contributed by atoms with E-state index in [0.29, 0.717) is 17.2 Å². The number of rotatable bonds is 4. The zero-order valence-electron chi connectivity index (χ0n) is 9.27. The third-order valence-corrected chi connectivity index (χ3v) is 4.48. The van der Waals surface area contributed by atoms with Crippen molar-refractivity contribution in [3.63, 3.8) is 0 Å². The summed E-state index contributed by atoms with van der Waals surface area (Å²) in [5.41, 5.74) is 0. The molecule has 0 amide bonds. The van der Waals surface area contributed by atoms with Crippen LogP contribution in [-0.4, -0.2) is 22.8 Å². The molecule has 1 fully saturated rings. The molecule has 3 nitrogen and oxygen atoms in total. The fourth-order valence-corrected chi connectivity index (χ4v) is 3.39. The first-order chi connectivity index (χ1) is 7.31. The molecule has 3 atom stereocenters. The Morgan fingerprint density at radius 2 is 2.47 bits per heavy atom. The maximum Gasteiger partial charge on any atom is 0.255 e. The monoisotopic (exact) mass is 226 g/mol. The minimum Gasteiger partial charge on any atom is -0.440 e. The standard InChI is InChI=1S/C11H18N2OS/c1-3-12-9-4-5-10(8(9)2)15-11-13-6-7-14-11/h6-10,12H,3-5H2,1-2H3. The zero-order valence-corrected chi connectivity index (χ0v) is 10.1. The third-order valence-electron chi connectivity index (χ3n) is 3.11. The highest BCUT2D eigenvalue weighted by atomic mass is 32.2. The zero-order chi connectivity index (χ0) is 10.7. The molecule has 1 aliphatic rings. The average Bonchev–Trinajstić information content (AvgIpc) is 2.83. The van der Waals surface area contributed by atoms with E-state index < -0.39 is 0 Å². The SMILES string of the molecule is CCNC1CCC(Sc2ncco2)C1C. The van der Waals surface area contributed by atoms with E-state index in [-0.39, 0.29) is 0 Å². The van der Waals surface area contributed by atoms with Crippen LogP contribution >= 0.6 is 11.8 Å². The summed E-state index contributed by atoms with van der Waals surface area (Å²) in [6.07, 6.45) is 5.88. The van der Waals surface area contributed by atoms with Crippen LogP contribution < -0.4 is 5.32 Å². The summed E-state index contributed by atoms with van der Waals surface area (Å²) in [6, 6.07) is 0.669. The molecule has 4 heteroatoms. The third kappa shape index (κ3) is 2.55. The van der Waals surface area contributed by atoms with Crippen LogP contribution in [0.4, 0.5) is 0 Å². The molecule has 15 heavy (non-hydrogen) atoms. The van der Waals surface area contributed by atoms with Crippen LogP contribution in [0.2, 0.25) is 0 Å². The van der Waals surface area contributed by atoms with Crippen LogP contribution in [-0.2, 0) is 0 Å². The van der Waals surface area contributed by atoms with Gasteiger partial charge < -0.3 is 9.73 Å². The molecular weight excluding hydrogens is 208 g/mol. The lowest BCUT2D eigenvalue weighted by Gasteiger charge is -2.19. The van der Waals surface area contributed by atoms with Crippen LogP contribution in [0.1, 0.15) is 26.7 Å². The molecule has 2 rings (SSSR count). The summed E-state index contributed by atoms with van der Waals surface area (Å²) in [5, 5.41) is 4.99. The van der Waals surface area contributed by atoms with E-state index >= 15 is 0 Å². The maximum absolute atomic E-state index is 5.27. The minimum absolute atomic E-state index is 0.646. The van der Waals surface area contributed by atoms with Gasteiger partial charge in [0.15, 0.2) is 0 Å². The fraction of sp³-hybridized carbons (Fsp3) is 0.727. The molecule has 1 heterocycles. The second-order valence-corrected chi connectivity index (χ2v) is 5.25.